The number of carbonyl (C=O) groups excluding carboxylic acids is 1. The van der Waals surface area contributed by atoms with Gasteiger partial charge in [-0.2, -0.15) is 0 Å². The molecule has 1 atom stereocenters. The molecule has 1 aromatic heterocycles. The van der Waals surface area contributed by atoms with Crippen LogP contribution in [0.15, 0.2) is 61.2 Å². The monoisotopic (exact) mass is 377 g/mol. The molecule has 3 aromatic rings. The highest BCUT2D eigenvalue weighted by molar-refractivity contribution is 5.77. The molecule has 5 nitrogen and oxygen atoms in total. The van der Waals surface area contributed by atoms with E-state index in [1.165, 1.54) is 0 Å². The van der Waals surface area contributed by atoms with Crippen LogP contribution in [0, 0.1) is 0 Å². The number of amides is 1. The fourth-order valence-corrected chi connectivity index (χ4v) is 3.28. The Balaban J connectivity index is 1.81. The first kappa shape index (κ1) is 19.7. The predicted octanol–water partition coefficient (Wildman–Crippen LogP) is 4.43. The van der Waals surface area contributed by atoms with Crippen molar-refractivity contribution in [3.05, 3.63) is 72.6 Å². The zero-order valence-electron chi connectivity index (χ0n) is 16.5. The molecule has 0 aliphatic heterocycles. The fraction of sp³-hybridized carbons (Fsp3) is 0.304. The third-order valence-corrected chi connectivity index (χ3v) is 4.68. The maximum absolute atomic E-state index is 11.8. The molecule has 5 heteroatoms. The first-order valence-corrected chi connectivity index (χ1v) is 9.70. The standard InChI is InChI=1S/C23H27N3O2/c1-4-10-18-11-6-9-14-21(18)28-16-15-26-20-13-8-7-12-19(20)25-23(26)17(3)24-22(27)5-2/h4,6-9,11-14,17H,1,5,10,15-16H2,2-3H3,(H,24,27). The van der Waals surface area contributed by atoms with Crippen molar-refractivity contribution >= 4 is 16.9 Å². The van der Waals surface area contributed by atoms with Crippen molar-refractivity contribution in [3.8, 4) is 5.75 Å². The highest BCUT2D eigenvalue weighted by Gasteiger charge is 2.18. The lowest BCUT2D eigenvalue weighted by Gasteiger charge is -2.17. The lowest BCUT2D eigenvalue weighted by atomic mass is 10.1. The molecule has 1 heterocycles. The minimum absolute atomic E-state index is 0.0145. The van der Waals surface area contributed by atoms with Gasteiger partial charge in [-0.25, -0.2) is 4.98 Å². The summed E-state index contributed by atoms with van der Waals surface area (Å²) < 4.78 is 8.20. The molecule has 1 amide bonds. The van der Waals surface area contributed by atoms with Gasteiger partial charge < -0.3 is 14.6 Å². The van der Waals surface area contributed by atoms with Crippen LogP contribution in [0.4, 0.5) is 0 Å². The molecule has 0 saturated carbocycles. The normalized spacial score (nSPS) is 11.9. The predicted molar refractivity (Wildman–Crippen MR) is 112 cm³/mol. The third-order valence-electron chi connectivity index (χ3n) is 4.68. The molecule has 0 radical (unpaired) electrons. The second-order valence-corrected chi connectivity index (χ2v) is 6.70. The van der Waals surface area contributed by atoms with Gasteiger partial charge in [0, 0.05) is 6.42 Å². The van der Waals surface area contributed by atoms with Gasteiger partial charge in [0.2, 0.25) is 5.91 Å². The number of benzene rings is 2. The van der Waals surface area contributed by atoms with E-state index in [4.69, 9.17) is 9.72 Å². The SMILES string of the molecule is C=CCc1ccccc1OCCn1c(C(C)NC(=O)CC)nc2ccccc21. The van der Waals surface area contributed by atoms with Crippen LogP contribution < -0.4 is 10.1 Å². The van der Waals surface area contributed by atoms with E-state index in [2.05, 4.69) is 22.5 Å². The minimum Gasteiger partial charge on any atom is -0.491 e. The Morgan fingerprint density at radius 2 is 2.00 bits per heavy atom. The van der Waals surface area contributed by atoms with Gasteiger partial charge in [-0.1, -0.05) is 43.3 Å². The van der Waals surface area contributed by atoms with Crippen LogP contribution in [0.2, 0.25) is 0 Å². The highest BCUT2D eigenvalue weighted by Crippen LogP contribution is 2.22. The lowest BCUT2D eigenvalue weighted by molar-refractivity contribution is -0.121. The summed E-state index contributed by atoms with van der Waals surface area (Å²) >= 11 is 0. The average Bonchev–Trinajstić information content (AvgIpc) is 3.08. The minimum atomic E-state index is -0.173. The number of hydrogen-bond acceptors (Lipinski definition) is 3. The van der Waals surface area contributed by atoms with E-state index >= 15 is 0 Å². The van der Waals surface area contributed by atoms with Gasteiger partial charge in [0.25, 0.3) is 0 Å². The molecule has 0 fully saturated rings. The van der Waals surface area contributed by atoms with E-state index in [1.807, 2.05) is 62.4 Å². The van der Waals surface area contributed by atoms with E-state index in [0.29, 0.717) is 19.6 Å². The first-order chi connectivity index (χ1) is 13.6. The smallest absolute Gasteiger partial charge is 0.220 e. The first-order valence-electron chi connectivity index (χ1n) is 9.70. The highest BCUT2D eigenvalue weighted by atomic mass is 16.5. The second kappa shape index (κ2) is 9.22. The molecule has 28 heavy (non-hydrogen) atoms. The average molecular weight is 377 g/mol. The molecule has 146 valence electrons. The molecular formula is C23H27N3O2. The maximum atomic E-state index is 11.8. The lowest BCUT2D eigenvalue weighted by Crippen LogP contribution is -2.28. The summed E-state index contributed by atoms with van der Waals surface area (Å²) in [5.41, 5.74) is 3.08. The molecule has 0 spiro atoms. The summed E-state index contributed by atoms with van der Waals surface area (Å²) in [5, 5.41) is 3.01. The number of nitrogens with one attached hydrogen (secondary N) is 1. The molecule has 2 aromatic carbocycles. The molecule has 0 saturated heterocycles. The number of para-hydroxylation sites is 3. The van der Waals surface area contributed by atoms with Crippen LogP contribution in [0.3, 0.4) is 0 Å². The Labute approximate surface area is 166 Å². The van der Waals surface area contributed by atoms with Crippen LogP contribution >= 0.6 is 0 Å². The number of ether oxygens (including phenoxy) is 1. The van der Waals surface area contributed by atoms with Crippen molar-refractivity contribution in [2.45, 2.75) is 39.3 Å². The largest absolute Gasteiger partial charge is 0.491 e. The summed E-state index contributed by atoms with van der Waals surface area (Å²) in [6.45, 7) is 8.78. The second-order valence-electron chi connectivity index (χ2n) is 6.70. The topological polar surface area (TPSA) is 56.1 Å². The molecule has 1 unspecified atom stereocenters. The van der Waals surface area contributed by atoms with E-state index in [9.17, 15) is 4.79 Å². The molecular weight excluding hydrogens is 350 g/mol. The number of fused-ring (bicyclic) bond motifs is 1. The molecule has 1 N–H and O–H groups in total. The number of rotatable bonds is 9. The van der Waals surface area contributed by atoms with E-state index < -0.39 is 0 Å². The van der Waals surface area contributed by atoms with Crippen molar-refractivity contribution in [1.29, 1.82) is 0 Å². The van der Waals surface area contributed by atoms with Crippen molar-refractivity contribution in [1.82, 2.24) is 14.9 Å². The van der Waals surface area contributed by atoms with Crippen LogP contribution in [0.1, 0.15) is 37.7 Å². The van der Waals surface area contributed by atoms with E-state index in [1.54, 1.807) is 0 Å². The van der Waals surface area contributed by atoms with E-state index in [0.717, 1.165) is 34.6 Å². The van der Waals surface area contributed by atoms with Crippen molar-refractivity contribution in [2.24, 2.45) is 0 Å². The van der Waals surface area contributed by atoms with Gasteiger partial charge in [-0.05, 0) is 37.1 Å². The van der Waals surface area contributed by atoms with Crippen LogP contribution in [0.25, 0.3) is 11.0 Å². The number of hydrogen-bond donors (Lipinski definition) is 1. The number of carbonyl (C=O) groups is 1. The Bertz CT molecular complexity index is 961. The van der Waals surface area contributed by atoms with Crippen LogP contribution in [0.5, 0.6) is 5.75 Å². The number of aromatic nitrogens is 2. The number of allylic oxidation sites excluding steroid dienone is 1. The van der Waals surface area contributed by atoms with Gasteiger partial charge >= 0.3 is 0 Å². The van der Waals surface area contributed by atoms with Crippen LogP contribution in [-0.2, 0) is 17.8 Å². The van der Waals surface area contributed by atoms with Crippen molar-refractivity contribution < 1.29 is 9.53 Å². The fourth-order valence-electron chi connectivity index (χ4n) is 3.28. The summed E-state index contributed by atoms with van der Waals surface area (Å²) in [6.07, 6.45) is 3.10. The summed E-state index contributed by atoms with van der Waals surface area (Å²) in [6, 6.07) is 15.9. The van der Waals surface area contributed by atoms with Gasteiger partial charge in [0.1, 0.15) is 18.2 Å². The molecule has 3 rings (SSSR count). The number of nitrogens with zero attached hydrogens (tertiary/aromatic N) is 2. The Hall–Kier alpha value is -3.08. The zero-order chi connectivity index (χ0) is 19.9. The van der Waals surface area contributed by atoms with Gasteiger partial charge in [0.15, 0.2) is 0 Å². The van der Waals surface area contributed by atoms with E-state index in [-0.39, 0.29) is 11.9 Å². The molecule has 0 aliphatic rings. The quantitative estimate of drug-likeness (QED) is 0.561. The van der Waals surface area contributed by atoms with Crippen molar-refractivity contribution in [2.75, 3.05) is 6.61 Å². The Morgan fingerprint density at radius 1 is 1.25 bits per heavy atom. The number of imidazole rings is 1. The summed E-state index contributed by atoms with van der Waals surface area (Å²) in [7, 11) is 0. The summed E-state index contributed by atoms with van der Waals surface area (Å²) in [4.78, 5) is 16.6. The van der Waals surface area contributed by atoms with Gasteiger partial charge in [0.05, 0.1) is 23.6 Å². The Kier molecular flexibility index (Phi) is 6.48. The van der Waals surface area contributed by atoms with Crippen molar-refractivity contribution in [3.63, 3.8) is 0 Å². The Morgan fingerprint density at radius 3 is 2.79 bits per heavy atom. The maximum Gasteiger partial charge on any atom is 0.220 e. The van der Waals surface area contributed by atoms with Gasteiger partial charge in [-0.15, -0.1) is 6.58 Å². The molecule has 0 aliphatic carbocycles. The summed E-state index contributed by atoms with van der Waals surface area (Å²) in [5.74, 6) is 1.73. The third kappa shape index (κ3) is 4.42. The molecule has 0 bridgehead atoms. The van der Waals surface area contributed by atoms with Crippen LogP contribution in [-0.4, -0.2) is 22.1 Å². The zero-order valence-corrected chi connectivity index (χ0v) is 16.5. The van der Waals surface area contributed by atoms with Gasteiger partial charge in [-0.3, -0.25) is 4.79 Å².